The Hall–Kier alpha value is -3.82. The molecule has 1 aromatic carbocycles. The zero-order valence-corrected chi connectivity index (χ0v) is 16.7. The molecule has 8 nitrogen and oxygen atoms in total. The van der Waals surface area contributed by atoms with E-state index in [1.54, 1.807) is 47.9 Å². The van der Waals surface area contributed by atoms with Crippen molar-refractivity contribution < 1.29 is 18.3 Å². The third-order valence-electron chi connectivity index (χ3n) is 4.61. The molecule has 0 amide bonds. The van der Waals surface area contributed by atoms with E-state index >= 15 is 0 Å². The highest BCUT2D eigenvalue weighted by molar-refractivity contribution is 5.73. The predicted octanol–water partition coefficient (Wildman–Crippen LogP) is 2.90. The molecule has 3 aromatic heterocycles. The average molecular weight is 412 g/mol. The number of halogens is 2. The highest BCUT2D eigenvalue weighted by Crippen LogP contribution is 2.36. The summed E-state index contributed by atoms with van der Waals surface area (Å²) in [4.78, 5) is 13.2. The number of methoxy groups -OCH3 is 2. The van der Waals surface area contributed by atoms with Crippen molar-refractivity contribution in [3.63, 3.8) is 0 Å². The first-order chi connectivity index (χ1) is 14.4. The van der Waals surface area contributed by atoms with Crippen LogP contribution in [0.2, 0.25) is 0 Å². The van der Waals surface area contributed by atoms with Gasteiger partial charge in [0.2, 0.25) is 0 Å². The Kier molecular flexibility index (Phi) is 4.90. The van der Waals surface area contributed by atoms with Gasteiger partial charge in [-0.3, -0.25) is 9.67 Å². The summed E-state index contributed by atoms with van der Waals surface area (Å²) >= 11 is 0. The molecule has 0 saturated heterocycles. The molecule has 0 radical (unpaired) electrons. The second kappa shape index (κ2) is 7.54. The van der Waals surface area contributed by atoms with Crippen molar-refractivity contribution in [2.75, 3.05) is 14.2 Å². The second-order valence-corrected chi connectivity index (χ2v) is 6.49. The Morgan fingerprint density at radius 2 is 1.70 bits per heavy atom. The van der Waals surface area contributed by atoms with Gasteiger partial charge in [0.1, 0.15) is 16.7 Å². The van der Waals surface area contributed by atoms with Crippen molar-refractivity contribution in [1.82, 2.24) is 24.3 Å². The van der Waals surface area contributed by atoms with Crippen molar-refractivity contribution in [3.05, 3.63) is 53.9 Å². The van der Waals surface area contributed by atoms with E-state index in [2.05, 4.69) is 20.1 Å². The summed E-state index contributed by atoms with van der Waals surface area (Å²) < 4.78 is 42.6. The largest absolute Gasteiger partial charge is 0.493 e. The molecule has 0 spiro atoms. The van der Waals surface area contributed by atoms with Crippen LogP contribution in [0.5, 0.6) is 11.5 Å². The smallest absolute Gasteiger partial charge is 0.193 e. The number of hydrogen-bond donors (Lipinski definition) is 0. The van der Waals surface area contributed by atoms with Gasteiger partial charge >= 0.3 is 0 Å². The number of aromatic nitrogens is 5. The van der Waals surface area contributed by atoms with Gasteiger partial charge in [0.25, 0.3) is 0 Å². The molecule has 154 valence electrons. The molecule has 0 atom stereocenters. The maximum Gasteiger partial charge on any atom is 0.193 e. The maximum atomic E-state index is 14.7. The zero-order valence-electron chi connectivity index (χ0n) is 16.7. The fourth-order valence-electron chi connectivity index (χ4n) is 3.02. The summed E-state index contributed by atoms with van der Waals surface area (Å²) in [6.45, 7) is 0. The summed E-state index contributed by atoms with van der Waals surface area (Å²) in [6.07, 6.45) is 5.14. The Morgan fingerprint density at radius 3 is 2.30 bits per heavy atom. The molecule has 10 heteroatoms. The molecule has 4 aromatic rings. The minimum absolute atomic E-state index is 0.172. The van der Waals surface area contributed by atoms with E-state index in [4.69, 9.17) is 9.47 Å². The minimum Gasteiger partial charge on any atom is -0.493 e. The summed E-state index contributed by atoms with van der Waals surface area (Å²) in [5.74, 6) is -2.19. The molecule has 0 N–H and O–H groups in total. The molecular formula is C20H18F2N6O2. The zero-order chi connectivity index (χ0) is 21.4. The average Bonchev–Trinajstić information content (AvgIpc) is 3.19. The second-order valence-electron chi connectivity index (χ2n) is 6.49. The number of hydrogen-bond acceptors (Lipinski definition) is 6. The molecule has 0 aliphatic heterocycles. The van der Waals surface area contributed by atoms with Crippen LogP contribution in [0.25, 0.3) is 22.4 Å². The van der Waals surface area contributed by atoms with E-state index in [-0.39, 0.29) is 17.0 Å². The van der Waals surface area contributed by atoms with Crippen molar-refractivity contribution in [1.29, 1.82) is 0 Å². The van der Waals surface area contributed by atoms with Crippen LogP contribution in [0.15, 0.2) is 41.8 Å². The van der Waals surface area contributed by atoms with Crippen molar-refractivity contribution >= 4 is 16.9 Å². The molecule has 0 unspecified atom stereocenters. The molecule has 0 bridgehead atoms. The van der Waals surface area contributed by atoms with Crippen LogP contribution in [-0.4, -0.2) is 38.5 Å². The molecule has 0 fully saturated rings. The lowest BCUT2D eigenvalue weighted by atomic mass is 10.2. The lowest BCUT2D eigenvalue weighted by Crippen LogP contribution is -2.19. The Labute approximate surface area is 170 Å². The number of aryl methyl sites for hydroxylation is 2. The van der Waals surface area contributed by atoms with Gasteiger partial charge in [-0.1, -0.05) is 0 Å². The number of ether oxygens (including phenoxy) is 2. The molecule has 0 aliphatic carbocycles. The van der Waals surface area contributed by atoms with Crippen LogP contribution < -0.4 is 15.0 Å². The van der Waals surface area contributed by atoms with Crippen LogP contribution in [0.1, 0.15) is 0 Å². The van der Waals surface area contributed by atoms with Crippen LogP contribution in [0.4, 0.5) is 14.5 Å². The van der Waals surface area contributed by atoms with Crippen molar-refractivity contribution in [3.8, 4) is 22.8 Å². The van der Waals surface area contributed by atoms with E-state index in [1.165, 1.54) is 14.2 Å². The number of pyridine rings is 1. The SMILES string of the molecule is COc1cc(OC)c(F)c(/N=c2\ccc3ncc(-c4cnn(C)c4)nc3n2C)c1F. The van der Waals surface area contributed by atoms with Gasteiger partial charge in [-0.15, -0.1) is 0 Å². The van der Waals surface area contributed by atoms with E-state index < -0.39 is 17.3 Å². The van der Waals surface area contributed by atoms with E-state index in [0.29, 0.717) is 16.9 Å². The summed E-state index contributed by atoms with van der Waals surface area (Å²) in [7, 11) is 6.06. The summed E-state index contributed by atoms with van der Waals surface area (Å²) in [6, 6.07) is 4.42. The lowest BCUT2D eigenvalue weighted by molar-refractivity contribution is 0.359. The van der Waals surface area contributed by atoms with Gasteiger partial charge in [0.05, 0.1) is 32.3 Å². The molecule has 4 rings (SSSR count). The highest BCUT2D eigenvalue weighted by atomic mass is 19.1. The third-order valence-corrected chi connectivity index (χ3v) is 4.61. The molecule has 0 aliphatic rings. The van der Waals surface area contributed by atoms with Crippen LogP contribution in [-0.2, 0) is 14.1 Å². The number of benzene rings is 1. The Morgan fingerprint density at radius 1 is 1.00 bits per heavy atom. The molecular weight excluding hydrogens is 394 g/mol. The number of fused-ring (bicyclic) bond motifs is 1. The maximum absolute atomic E-state index is 14.7. The van der Waals surface area contributed by atoms with Gasteiger partial charge in [-0.05, 0) is 12.1 Å². The molecule has 3 heterocycles. The van der Waals surface area contributed by atoms with Gasteiger partial charge in [0.15, 0.2) is 28.8 Å². The quantitative estimate of drug-likeness (QED) is 0.515. The monoisotopic (exact) mass is 412 g/mol. The third kappa shape index (κ3) is 3.25. The highest BCUT2D eigenvalue weighted by Gasteiger charge is 2.20. The van der Waals surface area contributed by atoms with Gasteiger partial charge in [0, 0.05) is 31.9 Å². The molecule has 0 saturated carbocycles. The van der Waals surface area contributed by atoms with E-state index in [0.717, 1.165) is 11.6 Å². The Balaban J connectivity index is 1.94. The lowest BCUT2D eigenvalue weighted by Gasteiger charge is -2.10. The minimum atomic E-state index is -0.925. The normalized spacial score (nSPS) is 11.9. The number of rotatable bonds is 4. The molecule has 30 heavy (non-hydrogen) atoms. The summed E-state index contributed by atoms with van der Waals surface area (Å²) in [5, 5.41) is 4.14. The van der Waals surface area contributed by atoms with Gasteiger partial charge in [-0.25, -0.2) is 18.8 Å². The fraction of sp³-hybridized carbons (Fsp3) is 0.200. The summed E-state index contributed by atoms with van der Waals surface area (Å²) in [5.41, 5.74) is 2.26. The van der Waals surface area contributed by atoms with Crippen molar-refractivity contribution in [2.24, 2.45) is 19.1 Å². The van der Waals surface area contributed by atoms with Crippen LogP contribution >= 0.6 is 0 Å². The first-order valence-electron chi connectivity index (χ1n) is 8.89. The van der Waals surface area contributed by atoms with Crippen LogP contribution in [0.3, 0.4) is 0 Å². The van der Waals surface area contributed by atoms with Gasteiger partial charge in [-0.2, -0.15) is 5.10 Å². The topological polar surface area (TPSA) is 79.3 Å². The first-order valence-corrected chi connectivity index (χ1v) is 8.89. The first kappa shape index (κ1) is 19.5. The Bertz CT molecular complexity index is 1300. The van der Waals surface area contributed by atoms with E-state index in [9.17, 15) is 8.78 Å². The van der Waals surface area contributed by atoms with E-state index in [1.807, 2.05) is 6.20 Å². The van der Waals surface area contributed by atoms with Gasteiger partial charge < -0.3 is 14.0 Å². The standard InChI is InChI=1S/C20H18F2N6O2/c1-27-10-11(8-24-27)13-9-23-12-5-6-16(28(2)20(12)25-13)26-19-17(21)14(29-3)7-15(30-4)18(19)22/h5-10H,1-4H3/b26-16+. The number of nitrogens with zero attached hydrogens (tertiary/aromatic N) is 6. The van der Waals surface area contributed by atoms with Crippen LogP contribution in [0, 0.1) is 11.6 Å². The fourth-order valence-corrected chi connectivity index (χ4v) is 3.02. The predicted molar refractivity (Wildman–Crippen MR) is 105 cm³/mol. The van der Waals surface area contributed by atoms with Crippen molar-refractivity contribution in [2.45, 2.75) is 0 Å².